The standard InChI is InChI=1S/C21H31N3O6/c1-21(2,3)30-20(27)22-7-6-18(25)23-8-10-24(11-9-23)19(26)15-12-16(28-4)14-17(13-15)29-5/h12-14H,6-11H2,1-5H3,(H,22,27). The zero-order chi connectivity index (χ0) is 22.3. The Hall–Kier alpha value is -2.97. The molecule has 0 bridgehead atoms. The van der Waals surface area contributed by atoms with Crippen LogP contribution in [0.1, 0.15) is 37.6 Å². The third-order valence-electron chi connectivity index (χ3n) is 4.53. The van der Waals surface area contributed by atoms with Crippen molar-refractivity contribution in [2.75, 3.05) is 46.9 Å². The van der Waals surface area contributed by atoms with Gasteiger partial charge in [-0.1, -0.05) is 0 Å². The first kappa shape index (κ1) is 23.3. The number of methoxy groups -OCH3 is 2. The molecular weight excluding hydrogens is 390 g/mol. The molecule has 0 unspecified atom stereocenters. The Morgan fingerprint density at radius 3 is 1.97 bits per heavy atom. The van der Waals surface area contributed by atoms with Gasteiger partial charge in [-0.2, -0.15) is 0 Å². The van der Waals surface area contributed by atoms with Crippen LogP contribution in [0.5, 0.6) is 11.5 Å². The first-order valence-electron chi connectivity index (χ1n) is 9.90. The van der Waals surface area contributed by atoms with Crippen molar-refractivity contribution < 1.29 is 28.6 Å². The summed E-state index contributed by atoms with van der Waals surface area (Å²) in [6.45, 7) is 7.29. The number of carbonyl (C=O) groups is 3. The highest BCUT2D eigenvalue weighted by Gasteiger charge is 2.25. The minimum atomic E-state index is -0.580. The minimum absolute atomic E-state index is 0.0683. The molecule has 1 fully saturated rings. The van der Waals surface area contributed by atoms with Crippen LogP contribution >= 0.6 is 0 Å². The largest absolute Gasteiger partial charge is 0.497 e. The monoisotopic (exact) mass is 421 g/mol. The van der Waals surface area contributed by atoms with E-state index in [1.54, 1.807) is 48.8 Å². The SMILES string of the molecule is COc1cc(OC)cc(C(=O)N2CCN(C(=O)CCNC(=O)OC(C)(C)C)CC2)c1. The van der Waals surface area contributed by atoms with Crippen molar-refractivity contribution in [2.24, 2.45) is 0 Å². The summed E-state index contributed by atoms with van der Waals surface area (Å²) in [6.07, 6.45) is -0.361. The molecule has 1 aromatic carbocycles. The summed E-state index contributed by atoms with van der Waals surface area (Å²) in [6, 6.07) is 5.05. The highest BCUT2D eigenvalue weighted by atomic mass is 16.6. The van der Waals surface area contributed by atoms with Crippen molar-refractivity contribution in [3.63, 3.8) is 0 Å². The van der Waals surface area contributed by atoms with E-state index in [0.29, 0.717) is 43.2 Å². The molecule has 0 aromatic heterocycles. The zero-order valence-electron chi connectivity index (χ0n) is 18.3. The fourth-order valence-corrected chi connectivity index (χ4v) is 3.02. The number of nitrogens with zero attached hydrogens (tertiary/aromatic N) is 2. The first-order chi connectivity index (χ1) is 14.1. The summed E-state index contributed by atoms with van der Waals surface area (Å²) >= 11 is 0. The first-order valence-corrected chi connectivity index (χ1v) is 9.90. The molecular formula is C21H31N3O6. The Balaban J connectivity index is 1.82. The van der Waals surface area contributed by atoms with Gasteiger partial charge in [-0.25, -0.2) is 4.79 Å². The van der Waals surface area contributed by atoms with E-state index in [2.05, 4.69) is 5.32 Å². The average Bonchev–Trinajstić information content (AvgIpc) is 2.71. The van der Waals surface area contributed by atoms with Crippen LogP contribution in [0.25, 0.3) is 0 Å². The molecule has 30 heavy (non-hydrogen) atoms. The van der Waals surface area contributed by atoms with Gasteiger partial charge >= 0.3 is 6.09 Å². The Bertz CT molecular complexity index is 744. The number of piperazine rings is 1. The van der Waals surface area contributed by atoms with Crippen LogP contribution in [0.2, 0.25) is 0 Å². The Morgan fingerprint density at radius 1 is 0.933 bits per heavy atom. The molecule has 9 nitrogen and oxygen atoms in total. The molecule has 9 heteroatoms. The van der Waals surface area contributed by atoms with Gasteiger partial charge in [-0.05, 0) is 32.9 Å². The molecule has 0 atom stereocenters. The summed E-state index contributed by atoms with van der Waals surface area (Å²) in [5.74, 6) is 0.889. The average molecular weight is 421 g/mol. The molecule has 1 aliphatic rings. The van der Waals surface area contributed by atoms with Crippen molar-refractivity contribution >= 4 is 17.9 Å². The summed E-state index contributed by atoms with van der Waals surface area (Å²) in [5, 5.41) is 2.58. The number of amides is 3. The number of rotatable bonds is 6. The number of ether oxygens (including phenoxy) is 3. The molecule has 1 aliphatic heterocycles. The highest BCUT2D eigenvalue weighted by Crippen LogP contribution is 2.23. The molecule has 2 rings (SSSR count). The van der Waals surface area contributed by atoms with Gasteiger partial charge in [-0.3, -0.25) is 9.59 Å². The van der Waals surface area contributed by atoms with Crippen LogP contribution in [0.15, 0.2) is 18.2 Å². The lowest BCUT2D eigenvalue weighted by atomic mass is 10.1. The molecule has 1 aromatic rings. The van der Waals surface area contributed by atoms with Crippen LogP contribution in [-0.4, -0.2) is 80.3 Å². The van der Waals surface area contributed by atoms with E-state index in [0.717, 1.165) is 0 Å². The maximum atomic E-state index is 12.8. The molecule has 0 saturated carbocycles. The van der Waals surface area contributed by atoms with Crippen LogP contribution in [0.3, 0.4) is 0 Å². The molecule has 0 radical (unpaired) electrons. The smallest absolute Gasteiger partial charge is 0.407 e. The van der Waals surface area contributed by atoms with Crippen LogP contribution in [0, 0.1) is 0 Å². The Labute approximate surface area is 177 Å². The van der Waals surface area contributed by atoms with Gasteiger partial charge in [0.25, 0.3) is 5.91 Å². The van der Waals surface area contributed by atoms with Gasteiger partial charge in [0.1, 0.15) is 17.1 Å². The van der Waals surface area contributed by atoms with E-state index in [1.165, 1.54) is 14.2 Å². The summed E-state index contributed by atoms with van der Waals surface area (Å²) < 4.78 is 15.6. The minimum Gasteiger partial charge on any atom is -0.497 e. The van der Waals surface area contributed by atoms with Crippen LogP contribution in [0.4, 0.5) is 4.79 Å². The topological polar surface area (TPSA) is 97.4 Å². The predicted molar refractivity (Wildman–Crippen MR) is 111 cm³/mol. The number of carbonyl (C=O) groups excluding carboxylic acids is 3. The van der Waals surface area contributed by atoms with E-state index >= 15 is 0 Å². The quantitative estimate of drug-likeness (QED) is 0.754. The predicted octanol–water partition coefficient (Wildman–Crippen LogP) is 1.90. The van der Waals surface area contributed by atoms with Crippen molar-refractivity contribution in [3.8, 4) is 11.5 Å². The third-order valence-corrected chi connectivity index (χ3v) is 4.53. The third kappa shape index (κ3) is 6.82. The fraction of sp³-hybridized carbons (Fsp3) is 0.571. The lowest BCUT2D eigenvalue weighted by molar-refractivity contribution is -0.132. The zero-order valence-corrected chi connectivity index (χ0v) is 18.3. The fourth-order valence-electron chi connectivity index (χ4n) is 3.02. The lowest BCUT2D eigenvalue weighted by Crippen LogP contribution is -2.51. The van der Waals surface area contributed by atoms with Gasteiger partial charge in [0.2, 0.25) is 5.91 Å². The molecule has 166 valence electrons. The van der Waals surface area contributed by atoms with E-state index in [4.69, 9.17) is 14.2 Å². The Kier molecular flexibility index (Phi) is 7.91. The van der Waals surface area contributed by atoms with E-state index in [9.17, 15) is 14.4 Å². The summed E-state index contributed by atoms with van der Waals surface area (Å²) in [4.78, 5) is 40.2. The van der Waals surface area contributed by atoms with Gasteiger partial charge in [0.15, 0.2) is 0 Å². The van der Waals surface area contributed by atoms with Crippen molar-refractivity contribution in [3.05, 3.63) is 23.8 Å². The lowest BCUT2D eigenvalue weighted by Gasteiger charge is -2.35. The van der Waals surface area contributed by atoms with Crippen molar-refractivity contribution in [1.82, 2.24) is 15.1 Å². The number of hydrogen-bond acceptors (Lipinski definition) is 6. The number of benzene rings is 1. The van der Waals surface area contributed by atoms with E-state index in [-0.39, 0.29) is 24.8 Å². The second-order valence-electron chi connectivity index (χ2n) is 7.95. The molecule has 3 amide bonds. The van der Waals surface area contributed by atoms with Crippen LogP contribution in [-0.2, 0) is 9.53 Å². The van der Waals surface area contributed by atoms with Crippen molar-refractivity contribution in [2.45, 2.75) is 32.8 Å². The number of alkyl carbamates (subject to hydrolysis) is 1. The maximum absolute atomic E-state index is 12.8. The summed E-state index contributed by atoms with van der Waals surface area (Å²) in [5.41, 5.74) is -0.100. The highest BCUT2D eigenvalue weighted by molar-refractivity contribution is 5.95. The van der Waals surface area contributed by atoms with Gasteiger partial charge in [-0.15, -0.1) is 0 Å². The molecule has 1 N–H and O–H groups in total. The molecule has 0 spiro atoms. The number of nitrogens with one attached hydrogen (secondary N) is 1. The van der Waals surface area contributed by atoms with Gasteiger partial charge in [0, 0.05) is 50.8 Å². The Morgan fingerprint density at radius 2 is 1.47 bits per heavy atom. The summed E-state index contributed by atoms with van der Waals surface area (Å²) in [7, 11) is 3.07. The molecule has 1 heterocycles. The second kappa shape index (κ2) is 10.2. The van der Waals surface area contributed by atoms with Crippen LogP contribution < -0.4 is 14.8 Å². The number of hydrogen-bond donors (Lipinski definition) is 1. The normalized spacial score (nSPS) is 14.2. The van der Waals surface area contributed by atoms with E-state index < -0.39 is 11.7 Å². The van der Waals surface area contributed by atoms with Gasteiger partial charge < -0.3 is 29.3 Å². The molecule has 1 saturated heterocycles. The second-order valence-corrected chi connectivity index (χ2v) is 7.95. The van der Waals surface area contributed by atoms with Gasteiger partial charge in [0.05, 0.1) is 14.2 Å². The van der Waals surface area contributed by atoms with E-state index in [1.807, 2.05) is 0 Å². The molecule has 0 aliphatic carbocycles. The van der Waals surface area contributed by atoms with Crippen molar-refractivity contribution in [1.29, 1.82) is 0 Å². The maximum Gasteiger partial charge on any atom is 0.407 e.